The number of esters is 1. The van der Waals surface area contributed by atoms with Crippen LogP contribution in [0.5, 0.6) is 0 Å². The summed E-state index contributed by atoms with van der Waals surface area (Å²) in [7, 11) is 3.61. The van der Waals surface area contributed by atoms with Crippen LogP contribution in [0.25, 0.3) is 0 Å². The smallest absolute Gasteiger partial charge is 0.332 e. The van der Waals surface area contributed by atoms with Crippen LogP contribution in [0.4, 0.5) is 0 Å². The Bertz CT molecular complexity index is 204. The van der Waals surface area contributed by atoms with E-state index >= 15 is 0 Å². The van der Waals surface area contributed by atoms with Gasteiger partial charge in [-0.05, 0) is 0 Å². The van der Waals surface area contributed by atoms with Crippen LogP contribution in [0.15, 0.2) is 12.3 Å². The molecule has 0 fully saturated rings. The molecule has 0 amide bonds. The van der Waals surface area contributed by atoms with Crippen molar-refractivity contribution >= 4 is 5.97 Å². The summed E-state index contributed by atoms with van der Waals surface area (Å²) in [5.74, 6) is -0.418. The lowest BCUT2D eigenvalue weighted by molar-refractivity contribution is -0.137. The van der Waals surface area contributed by atoms with Crippen molar-refractivity contribution in [3.63, 3.8) is 0 Å². The van der Waals surface area contributed by atoms with Crippen molar-refractivity contribution in [2.45, 2.75) is 6.42 Å². The van der Waals surface area contributed by atoms with Gasteiger partial charge in [0.15, 0.2) is 0 Å². The molecule has 0 bridgehead atoms. The summed E-state index contributed by atoms with van der Waals surface area (Å²) in [5.41, 5.74) is 0. The molecule has 0 radical (unpaired) electrons. The molecule has 0 aliphatic heterocycles. The SMILES string of the molecule is CN(C)C=CC(=O)OCCC#N. The van der Waals surface area contributed by atoms with Crippen molar-refractivity contribution in [1.82, 2.24) is 4.90 Å². The summed E-state index contributed by atoms with van der Waals surface area (Å²) >= 11 is 0. The third kappa shape index (κ3) is 6.62. The molecular formula is C8H12N2O2. The Morgan fingerprint density at radius 3 is 2.83 bits per heavy atom. The van der Waals surface area contributed by atoms with Gasteiger partial charge in [-0.2, -0.15) is 5.26 Å². The van der Waals surface area contributed by atoms with Crippen molar-refractivity contribution in [2.75, 3.05) is 20.7 Å². The molecule has 0 heterocycles. The minimum absolute atomic E-state index is 0.160. The highest BCUT2D eigenvalue weighted by Crippen LogP contribution is 1.85. The van der Waals surface area contributed by atoms with Gasteiger partial charge in [-0.15, -0.1) is 0 Å². The average molecular weight is 168 g/mol. The summed E-state index contributed by atoms with van der Waals surface area (Å²) in [4.78, 5) is 12.5. The highest BCUT2D eigenvalue weighted by Gasteiger charge is 1.94. The molecule has 0 N–H and O–H groups in total. The van der Waals surface area contributed by atoms with Gasteiger partial charge < -0.3 is 9.64 Å². The Kier molecular flexibility index (Phi) is 5.45. The quantitative estimate of drug-likeness (QED) is 0.349. The summed E-state index contributed by atoms with van der Waals surface area (Å²) in [6, 6.07) is 1.88. The van der Waals surface area contributed by atoms with Crippen molar-refractivity contribution in [3.05, 3.63) is 12.3 Å². The minimum atomic E-state index is -0.418. The van der Waals surface area contributed by atoms with Gasteiger partial charge in [-0.25, -0.2) is 4.79 Å². The first-order valence-corrected chi connectivity index (χ1v) is 3.55. The molecular weight excluding hydrogens is 156 g/mol. The normalized spacial score (nSPS) is 9.42. The molecule has 12 heavy (non-hydrogen) atoms. The summed E-state index contributed by atoms with van der Waals surface area (Å²) < 4.78 is 4.66. The molecule has 4 nitrogen and oxygen atoms in total. The maximum Gasteiger partial charge on any atom is 0.332 e. The minimum Gasteiger partial charge on any atom is -0.461 e. The van der Waals surface area contributed by atoms with Gasteiger partial charge in [-0.3, -0.25) is 0 Å². The molecule has 0 saturated carbocycles. The lowest BCUT2D eigenvalue weighted by atomic mass is 10.5. The van der Waals surface area contributed by atoms with Gasteiger partial charge in [0.05, 0.1) is 12.5 Å². The van der Waals surface area contributed by atoms with Crippen LogP contribution in [-0.4, -0.2) is 31.6 Å². The zero-order chi connectivity index (χ0) is 9.40. The Labute approximate surface area is 72.0 Å². The second-order valence-electron chi connectivity index (χ2n) is 2.35. The van der Waals surface area contributed by atoms with E-state index in [1.807, 2.05) is 6.07 Å². The van der Waals surface area contributed by atoms with E-state index in [0.717, 1.165) is 0 Å². The van der Waals surface area contributed by atoms with E-state index in [-0.39, 0.29) is 13.0 Å². The molecule has 0 saturated heterocycles. The first kappa shape index (κ1) is 10.5. The lowest BCUT2D eigenvalue weighted by Crippen LogP contribution is -2.05. The highest BCUT2D eigenvalue weighted by molar-refractivity contribution is 5.81. The first-order valence-electron chi connectivity index (χ1n) is 3.55. The fraction of sp³-hybridized carbons (Fsp3) is 0.500. The number of carbonyl (C=O) groups excluding carboxylic acids is 1. The Morgan fingerprint density at radius 2 is 2.33 bits per heavy atom. The van der Waals surface area contributed by atoms with Gasteiger partial charge in [0, 0.05) is 26.4 Å². The monoisotopic (exact) mass is 168 g/mol. The van der Waals surface area contributed by atoms with Crippen molar-refractivity contribution in [3.8, 4) is 6.07 Å². The molecule has 0 unspecified atom stereocenters. The van der Waals surface area contributed by atoms with Crippen LogP contribution in [0.2, 0.25) is 0 Å². The lowest BCUT2D eigenvalue weighted by Gasteiger charge is -2.02. The zero-order valence-electron chi connectivity index (χ0n) is 7.28. The number of ether oxygens (including phenoxy) is 1. The van der Waals surface area contributed by atoms with E-state index in [1.165, 1.54) is 6.08 Å². The number of nitrogens with zero attached hydrogens (tertiary/aromatic N) is 2. The third-order valence-corrected chi connectivity index (χ3v) is 0.967. The molecule has 0 aliphatic rings. The van der Waals surface area contributed by atoms with E-state index in [1.54, 1.807) is 25.2 Å². The van der Waals surface area contributed by atoms with E-state index < -0.39 is 5.97 Å². The summed E-state index contributed by atoms with van der Waals surface area (Å²) in [5, 5.41) is 8.13. The largest absolute Gasteiger partial charge is 0.461 e. The first-order chi connectivity index (χ1) is 5.66. The van der Waals surface area contributed by atoms with Gasteiger partial charge in [0.1, 0.15) is 6.61 Å². The molecule has 0 atom stereocenters. The Morgan fingerprint density at radius 1 is 1.67 bits per heavy atom. The number of nitriles is 1. The van der Waals surface area contributed by atoms with Gasteiger partial charge >= 0.3 is 5.97 Å². The van der Waals surface area contributed by atoms with E-state index in [4.69, 9.17) is 5.26 Å². The second-order valence-corrected chi connectivity index (χ2v) is 2.35. The number of carbonyl (C=O) groups is 1. The van der Waals surface area contributed by atoms with Crippen molar-refractivity contribution < 1.29 is 9.53 Å². The van der Waals surface area contributed by atoms with E-state index in [0.29, 0.717) is 0 Å². The maximum atomic E-state index is 10.8. The standard InChI is InChI=1S/C8H12N2O2/c1-10(2)6-4-8(11)12-7-3-5-9/h4,6H,3,7H2,1-2H3. The molecule has 0 aliphatic carbocycles. The molecule has 0 aromatic heterocycles. The molecule has 0 rings (SSSR count). The van der Waals surface area contributed by atoms with Crippen molar-refractivity contribution in [1.29, 1.82) is 5.26 Å². The van der Waals surface area contributed by atoms with Crippen LogP contribution in [0.3, 0.4) is 0 Å². The topological polar surface area (TPSA) is 53.3 Å². The van der Waals surface area contributed by atoms with Gasteiger partial charge in [0.2, 0.25) is 0 Å². The second kappa shape index (κ2) is 6.23. The molecule has 0 aromatic carbocycles. The Hall–Kier alpha value is -1.50. The fourth-order valence-corrected chi connectivity index (χ4v) is 0.455. The van der Waals surface area contributed by atoms with Crippen LogP contribution >= 0.6 is 0 Å². The third-order valence-electron chi connectivity index (χ3n) is 0.967. The molecule has 4 heteroatoms. The zero-order valence-corrected chi connectivity index (χ0v) is 7.28. The highest BCUT2D eigenvalue weighted by atomic mass is 16.5. The average Bonchev–Trinajstić information content (AvgIpc) is 2.01. The van der Waals surface area contributed by atoms with Crippen LogP contribution in [-0.2, 0) is 9.53 Å². The number of rotatable bonds is 4. The van der Waals surface area contributed by atoms with Crippen molar-refractivity contribution in [2.24, 2.45) is 0 Å². The predicted octanol–water partition coefficient (Wildman–Crippen LogP) is 0.519. The molecule has 0 spiro atoms. The molecule has 0 aromatic rings. The number of hydrogen-bond donors (Lipinski definition) is 0. The van der Waals surface area contributed by atoms with Gasteiger partial charge in [0.25, 0.3) is 0 Å². The maximum absolute atomic E-state index is 10.8. The number of hydrogen-bond acceptors (Lipinski definition) is 4. The van der Waals surface area contributed by atoms with Crippen LogP contribution in [0.1, 0.15) is 6.42 Å². The Balaban J connectivity index is 3.54. The summed E-state index contributed by atoms with van der Waals surface area (Å²) in [6.07, 6.45) is 3.15. The molecule has 66 valence electrons. The van der Waals surface area contributed by atoms with E-state index in [2.05, 4.69) is 4.74 Å². The van der Waals surface area contributed by atoms with Gasteiger partial charge in [-0.1, -0.05) is 0 Å². The van der Waals surface area contributed by atoms with Crippen LogP contribution < -0.4 is 0 Å². The van der Waals surface area contributed by atoms with Crippen LogP contribution in [0, 0.1) is 11.3 Å². The predicted molar refractivity (Wildman–Crippen MR) is 44.0 cm³/mol. The van der Waals surface area contributed by atoms with E-state index in [9.17, 15) is 4.79 Å². The fourth-order valence-electron chi connectivity index (χ4n) is 0.455. The summed E-state index contributed by atoms with van der Waals surface area (Å²) in [6.45, 7) is 0.160.